The molecule has 0 spiro atoms. The second-order valence-electron chi connectivity index (χ2n) is 6.46. The summed E-state index contributed by atoms with van der Waals surface area (Å²) in [6, 6.07) is 10.3. The van der Waals surface area contributed by atoms with Gasteiger partial charge in [-0.1, -0.05) is 24.3 Å². The lowest BCUT2D eigenvalue weighted by Gasteiger charge is -2.16. The molecule has 8 heteroatoms. The number of benzene rings is 1. The molecule has 1 amide bonds. The number of rotatable bonds is 6. The van der Waals surface area contributed by atoms with E-state index in [9.17, 15) is 4.79 Å². The fourth-order valence-electron chi connectivity index (χ4n) is 3.08. The lowest BCUT2D eigenvalue weighted by atomic mass is 10.1. The molecule has 0 bridgehead atoms. The molecule has 1 aromatic heterocycles. The average Bonchev–Trinajstić information content (AvgIpc) is 3.24. The summed E-state index contributed by atoms with van der Waals surface area (Å²) >= 11 is 0. The first-order chi connectivity index (χ1) is 12.7. The maximum Gasteiger partial charge on any atom is 0.222 e. The minimum atomic E-state index is 0. The number of aromatic nitrogens is 2. The largest absolute Gasteiger partial charge is 0.352 e. The summed E-state index contributed by atoms with van der Waals surface area (Å²) in [6.45, 7) is 2.89. The number of aliphatic imine (C=N–C) groups is 1. The van der Waals surface area contributed by atoms with Crippen molar-refractivity contribution in [2.24, 2.45) is 12.0 Å². The van der Waals surface area contributed by atoms with Crippen LogP contribution in [0.4, 0.5) is 0 Å². The van der Waals surface area contributed by atoms with E-state index in [1.807, 2.05) is 28.8 Å². The molecule has 1 fully saturated rings. The van der Waals surface area contributed by atoms with Gasteiger partial charge in [0.1, 0.15) is 0 Å². The van der Waals surface area contributed by atoms with Crippen molar-refractivity contribution in [3.8, 4) is 0 Å². The number of halogens is 1. The molecule has 146 valence electrons. The van der Waals surface area contributed by atoms with E-state index >= 15 is 0 Å². The van der Waals surface area contributed by atoms with Crippen LogP contribution in [-0.2, 0) is 31.5 Å². The minimum Gasteiger partial charge on any atom is -0.352 e. The Balaban J connectivity index is 0.00000261. The first-order valence-electron chi connectivity index (χ1n) is 8.92. The van der Waals surface area contributed by atoms with Crippen LogP contribution in [0.3, 0.4) is 0 Å². The van der Waals surface area contributed by atoms with Gasteiger partial charge in [0.2, 0.25) is 5.91 Å². The van der Waals surface area contributed by atoms with E-state index < -0.39 is 0 Å². The predicted molar refractivity (Wildman–Crippen MR) is 117 cm³/mol. The normalized spacial score (nSPS) is 14.2. The molecule has 1 saturated heterocycles. The third-order valence-corrected chi connectivity index (χ3v) is 4.58. The second-order valence-corrected chi connectivity index (χ2v) is 6.46. The van der Waals surface area contributed by atoms with E-state index in [4.69, 9.17) is 0 Å². The Labute approximate surface area is 177 Å². The number of nitrogens with one attached hydrogen (secondary N) is 2. The molecule has 1 aliphatic rings. The highest BCUT2D eigenvalue weighted by Crippen LogP contribution is 2.15. The summed E-state index contributed by atoms with van der Waals surface area (Å²) in [7, 11) is 3.68. The molecule has 1 aromatic carbocycles. The number of nitrogens with zero attached hydrogens (tertiary/aromatic N) is 4. The molecular formula is C19H27IN6O. The van der Waals surface area contributed by atoms with Gasteiger partial charge in [-0.15, -0.1) is 24.0 Å². The molecule has 2 aromatic rings. The molecule has 0 saturated carbocycles. The molecule has 2 N–H and O–H groups in total. The van der Waals surface area contributed by atoms with Crippen molar-refractivity contribution in [3.63, 3.8) is 0 Å². The number of guanidine groups is 1. The fraction of sp³-hybridized carbons (Fsp3) is 0.421. The van der Waals surface area contributed by atoms with Crippen LogP contribution in [-0.4, -0.2) is 40.1 Å². The summed E-state index contributed by atoms with van der Waals surface area (Å²) in [5, 5.41) is 10.8. The van der Waals surface area contributed by atoms with Gasteiger partial charge in [-0.25, -0.2) is 0 Å². The topological polar surface area (TPSA) is 74.6 Å². The second kappa shape index (κ2) is 10.3. The van der Waals surface area contributed by atoms with Crippen molar-refractivity contribution >= 4 is 35.8 Å². The van der Waals surface area contributed by atoms with Gasteiger partial charge in [-0.2, -0.15) is 5.10 Å². The first kappa shape index (κ1) is 21.2. The maximum atomic E-state index is 11.8. The van der Waals surface area contributed by atoms with Crippen LogP contribution in [0.5, 0.6) is 0 Å². The standard InChI is InChI=1S/C19H26N6O.HI/c1-20-19(22-13-17-8-9-23-24(17)2)21-12-15-5-3-6-16(11-15)14-25-10-4-7-18(25)26;/h3,5-6,8-9,11H,4,7,10,12-14H2,1-2H3,(H2,20,21,22);1H. The van der Waals surface area contributed by atoms with E-state index in [-0.39, 0.29) is 29.9 Å². The molecular weight excluding hydrogens is 455 g/mol. The van der Waals surface area contributed by atoms with Gasteiger partial charge < -0.3 is 15.5 Å². The highest BCUT2D eigenvalue weighted by atomic mass is 127. The van der Waals surface area contributed by atoms with Gasteiger partial charge >= 0.3 is 0 Å². The Hall–Kier alpha value is -2.10. The van der Waals surface area contributed by atoms with Gasteiger partial charge in [0.15, 0.2) is 5.96 Å². The Morgan fingerprint density at radius 3 is 2.67 bits per heavy atom. The number of carbonyl (C=O) groups excluding carboxylic acids is 1. The monoisotopic (exact) mass is 482 g/mol. The number of amides is 1. The van der Waals surface area contributed by atoms with Crippen molar-refractivity contribution in [1.82, 2.24) is 25.3 Å². The van der Waals surface area contributed by atoms with E-state index in [0.717, 1.165) is 35.7 Å². The molecule has 27 heavy (non-hydrogen) atoms. The molecule has 0 atom stereocenters. The van der Waals surface area contributed by atoms with Gasteiger partial charge in [0.05, 0.1) is 12.2 Å². The Morgan fingerprint density at radius 1 is 1.22 bits per heavy atom. The van der Waals surface area contributed by atoms with E-state index in [1.165, 1.54) is 0 Å². The molecule has 0 unspecified atom stereocenters. The molecule has 0 aliphatic carbocycles. The number of likely N-dealkylation sites (tertiary alicyclic amines) is 1. The maximum absolute atomic E-state index is 11.8. The van der Waals surface area contributed by atoms with Crippen LogP contribution >= 0.6 is 24.0 Å². The van der Waals surface area contributed by atoms with Crippen molar-refractivity contribution in [2.45, 2.75) is 32.5 Å². The molecule has 1 aliphatic heterocycles. The minimum absolute atomic E-state index is 0. The SMILES string of the molecule is CN=C(NCc1cccc(CN2CCCC2=O)c1)NCc1ccnn1C.I. The van der Waals surface area contributed by atoms with E-state index in [1.54, 1.807) is 13.2 Å². The van der Waals surface area contributed by atoms with Crippen molar-refractivity contribution < 1.29 is 4.79 Å². The average molecular weight is 482 g/mol. The number of hydrogen-bond acceptors (Lipinski definition) is 3. The van der Waals surface area contributed by atoms with E-state index in [0.29, 0.717) is 26.1 Å². The van der Waals surface area contributed by atoms with Crippen LogP contribution in [0, 0.1) is 0 Å². The smallest absolute Gasteiger partial charge is 0.222 e. The van der Waals surface area contributed by atoms with Crippen LogP contribution in [0.1, 0.15) is 29.7 Å². The summed E-state index contributed by atoms with van der Waals surface area (Å²) < 4.78 is 1.84. The van der Waals surface area contributed by atoms with Crippen LogP contribution < -0.4 is 10.6 Å². The Bertz CT molecular complexity index is 788. The van der Waals surface area contributed by atoms with Crippen LogP contribution in [0.25, 0.3) is 0 Å². The van der Waals surface area contributed by atoms with Gasteiger partial charge in [0, 0.05) is 46.3 Å². The van der Waals surface area contributed by atoms with Gasteiger partial charge in [0.25, 0.3) is 0 Å². The summed E-state index contributed by atoms with van der Waals surface area (Å²) in [5.74, 6) is 1.000. The highest BCUT2D eigenvalue weighted by Gasteiger charge is 2.19. The number of hydrogen-bond donors (Lipinski definition) is 2. The van der Waals surface area contributed by atoms with Crippen molar-refractivity contribution in [2.75, 3.05) is 13.6 Å². The quantitative estimate of drug-likeness (QED) is 0.376. The third-order valence-electron chi connectivity index (χ3n) is 4.58. The zero-order valence-corrected chi connectivity index (χ0v) is 18.1. The third kappa shape index (κ3) is 5.95. The molecule has 2 heterocycles. The van der Waals surface area contributed by atoms with Crippen LogP contribution in [0.2, 0.25) is 0 Å². The summed E-state index contributed by atoms with van der Waals surface area (Å²) in [4.78, 5) is 18.0. The molecule has 7 nitrogen and oxygen atoms in total. The molecule has 3 rings (SSSR count). The highest BCUT2D eigenvalue weighted by molar-refractivity contribution is 14.0. The van der Waals surface area contributed by atoms with Crippen molar-refractivity contribution in [1.29, 1.82) is 0 Å². The zero-order valence-electron chi connectivity index (χ0n) is 15.8. The zero-order chi connectivity index (χ0) is 18.4. The fourth-order valence-corrected chi connectivity index (χ4v) is 3.08. The Kier molecular flexibility index (Phi) is 8.08. The van der Waals surface area contributed by atoms with Crippen molar-refractivity contribution in [3.05, 3.63) is 53.3 Å². The lowest BCUT2D eigenvalue weighted by Crippen LogP contribution is -2.36. The summed E-state index contributed by atoms with van der Waals surface area (Å²) in [5.41, 5.74) is 3.42. The Morgan fingerprint density at radius 2 is 2.00 bits per heavy atom. The number of aryl methyl sites for hydroxylation is 1. The van der Waals surface area contributed by atoms with Gasteiger partial charge in [-0.3, -0.25) is 14.5 Å². The van der Waals surface area contributed by atoms with E-state index in [2.05, 4.69) is 38.9 Å². The summed E-state index contributed by atoms with van der Waals surface area (Å²) in [6.07, 6.45) is 3.43. The lowest BCUT2D eigenvalue weighted by molar-refractivity contribution is -0.128. The predicted octanol–water partition coefficient (Wildman–Crippen LogP) is 2.03. The van der Waals surface area contributed by atoms with Crippen LogP contribution in [0.15, 0.2) is 41.5 Å². The molecule has 0 radical (unpaired) electrons. The first-order valence-corrected chi connectivity index (χ1v) is 8.92. The van der Waals surface area contributed by atoms with Gasteiger partial charge in [-0.05, 0) is 23.6 Å². The number of carbonyl (C=O) groups is 1.